The molecule has 6 heteroatoms. The van der Waals surface area contributed by atoms with E-state index in [4.69, 9.17) is 0 Å². The van der Waals surface area contributed by atoms with Crippen molar-refractivity contribution in [1.82, 2.24) is 10.6 Å². The molecule has 132 valence electrons. The van der Waals surface area contributed by atoms with Gasteiger partial charge in [0.1, 0.15) is 6.04 Å². The van der Waals surface area contributed by atoms with Gasteiger partial charge in [-0.05, 0) is 31.2 Å². The van der Waals surface area contributed by atoms with Crippen molar-refractivity contribution < 1.29 is 19.1 Å². The number of rotatable bonds is 10. The monoisotopic (exact) mass is 334 g/mol. The zero-order chi connectivity index (χ0) is 17.8. The second-order valence-electron chi connectivity index (χ2n) is 5.61. The van der Waals surface area contributed by atoms with Crippen LogP contribution in [0.25, 0.3) is 0 Å². The standard InChI is InChI=1S/C18H26N2O4/c1-14(21)20-16(18(23)24-2)10-6-7-13-19-17(22)12-11-15-8-4-3-5-9-15/h3-5,8-9,16H,6-7,10-13H2,1-2H3,(H,19,22)(H,20,21). The molecule has 0 saturated carbocycles. The number of hydrogen-bond acceptors (Lipinski definition) is 4. The first-order chi connectivity index (χ1) is 11.5. The van der Waals surface area contributed by atoms with Gasteiger partial charge >= 0.3 is 5.97 Å². The van der Waals surface area contributed by atoms with Crippen molar-refractivity contribution in [3.8, 4) is 0 Å². The zero-order valence-corrected chi connectivity index (χ0v) is 14.3. The molecule has 1 rings (SSSR count). The molecule has 1 aromatic rings. The van der Waals surface area contributed by atoms with Crippen LogP contribution in [0.4, 0.5) is 0 Å². The number of carbonyl (C=O) groups excluding carboxylic acids is 3. The van der Waals surface area contributed by atoms with E-state index in [1.54, 1.807) is 0 Å². The van der Waals surface area contributed by atoms with Gasteiger partial charge in [-0.1, -0.05) is 30.3 Å². The summed E-state index contributed by atoms with van der Waals surface area (Å²) in [5.74, 6) is -0.693. The van der Waals surface area contributed by atoms with E-state index in [9.17, 15) is 14.4 Å². The summed E-state index contributed by atoms with van der Waals surface area (Å²) in [4.78, 5) is 34.4. The van der Waals surface area contributed by atoms with Crippen LogP contribution in [0.2, 0.25) is 0 Å². The van der Waals surface area contributed by atoms with Crippen LogP contribution >= 0.6 is 0 Å². The van der Waals surface area contributed by atoms with Crippen LogP contribution in [0.1, 0.15) is 38.2 Å². The Bertz CT molecular complexity index is 531. The Morgan fingerprint density at radius 1 is 1.12 bits per heavy atom. The van der Waals surface area contributed by atoms with Gasteiger partial charge in [0.25, 0.3) is 0 Å². The lowest BCUT2D eigenvalue weighted by atomic mass is 10.1. The molecular weight excluding hydrogens is 308 g/mol. The topological polar surface area (TPSA) is 84.5 Å². The minimum Gasteiger partial charge on any atom is -0.467 e. The Morgan fingerprint density at radius 2 is 1.83 bits per heavy atom. The SMILES string of the molecule is COC(=O)C(CCCCNC(=O)CCc1ccccc1)NC(C)=O. The minimum absolute atomic E-state index is 0.0187. The minimum atomic E-state index is -0.624. The molecule has 1 unspecified atom stereocenters. The molecule has 0 aliphatic rings. The summed E-state index contributed by atoms with van der Waals surface area (Å²) in [5, 5.41) is 5.44. The average molecular weight is 334 g/mol. The molecule has 2 amide bonds. The first-order valence-electron chi connectivity index (χ1n) is 8.18. The van der Waals surface area contributed by atoms with Crippen molar-refractivity contribution in [1.29, 1.82) is 0 Å². The number of ether oxygens (including phenoxy) is 1. The summed E-state index contributed by atoms with van der Waals surface area (Å²) in [6.45, 7) is 1.92. The fourth-order valence-electron chi connectivity index (χ4n) is 2.33. The van der Waals surface area contributed by atoms with Gasteiger partial charge in [-0.2, -0.15) is 0 Å². The Kier molecular flexibility index (Phi) is 9.19. The molecule has 0 aliphatic heterocycles. The predicted molar refractivity (Wildman–Crippen MR) is 91.2 cm³/mol. The van der Waals surface area contributed by atoms with Crippen molar-refractivity contribution in [3.05, 3.63) is 35.9 Å². The van der Waals surface area contributed by atoms with Crippen LogP contribution in [0.5, 0.6) is 0 Å². The largest absolute Gasteiger partial charge is 0.467 e. The summed E-state index contributed by atoms with van der Waals surface area (Å²) < 4.78 is 4.66. The third-order valence-electron chi connectivity index (χ3n) is 3.59. The molecule has 24 heavy (non-hydrogen) atoms. The lowest BCUT2D eigenvalue weighted by Gasteiger charge is -2.15. The molecule has 0 radical (unpaired) electrons. The van der Waals surface area contributed by atoms with E-state index in [0.29, 0.717) is 25.8 Å². The molecule has 0 aromatic heterocycles. The van der Waals surface area contributed by atoms with Crippen molar-refractivity contribution in [3.63, 3.8) is 0 Å². The molecule has 0 fully saturated rings. The second-order valence-corrected chi connectivity index (χ2v) is 5.61. The number of carbonyl (C=O) groups is 3. The highest BCUT2D eigenvalue weighted by molar-refractivity contribution is 5.83. The fourth-order valence-corrected chi connectivity index (χ4v) is 2.33. The van der Waals surface area contributed by atoms with Crippen LogP contribution in [0.3, 0.4) is 0 Å². The van der Waals surface area contributed by atoms with Crippen LogP contribution < -0.4 is 10.6 Å². The third-order valence-corrected chi connectivity index (χ3v) is 3.59. The van der Waals surface area contributed by atoms with E-state index >= 15 is 0 Å². The summed E-state index contributed by atoms with van der Waals surface area (Å²) in [6.07, 6.45) is 3.12. The van der Waals surface area contributed by atoms with Gasteiger partial charge in [0.05, 0.1) is 7.11 Å². The number of methoxy groups -OCH3 is 1. The Hall–Kier alpha value is -2.37. The van der Waals surface area contributed by atoms with E-state index in [1.807, 2.05) is 30.3 Å². The second kappa shape index (κ2) is 11.2. The average Bonchev–Trinajstić information content (AvgIpc) is 2.58. The quantitative estimate of drug-likeness (QED) is 0.503. The molecule has 0 saturated heterocycles. The molecule has 6 nitrogen and oxygen atoms in total. The molecule has 0 heterocycles. The molecule has 0 aliphatic carbocycles. The van der Waals surface area contributed by atoms with Gasteiger partial charge < -0.3 is 15.4 Å². The van der Waals surface area contributed by atoms with Gasteiger partial charge in [-0.15, -0.1) is 0 Å². The number of nitrogens with one attached hydrogen (secondary N) is 2. The zero-order valence-electron chi connectivity index (χ0n) is 14.3. The van der Waals surface area contributed by atoms with Crippen LogP contribution in [-0.2, 0) is 25.5 Å². The van der Waals surface area contributed by atoms with E-state index in [1.165, 1.54) is 14.0 Å². The van der Waals surface area contributed by atoms with Crippen LogP contribution in [-0.4, -0.2) is 37.5 Å². The summed E-state index contributed by atoms with van der Waals surface area (Å²) >= 11 is 0. The number of amides is 2. The third kappa shape index (κ3) is 8.31. The van der Waals surface area contributed by atoms with E-state index < -0.39 is 12.0 Å². The van der Waals surface area contributed by atoms with Gasteiger partial charge in [0.15, 0.2) is 0 Å². The summed E-state index contributed by atoms with van der Waals surface area (Å²) in [5.41, 5.74) is 1.14. The molecule has 0 bridgehead atoms. The maximum atomic E-state index is 11.8. The first-order valence-corrected chi connectivity index (χ1v) is 8.18. The normalized spacial score (nSPS) is 11.4. The summed E-state index contributed by atoms with van der Waals surface area (Å²) in [6, 6.07) is 9.25. The number of esters is 1. The number of unbranched alkanes of at least 4 members (excludes halogenated alkanes) is 1. The van der Waals surface area contributed by atoms with E-state index in [0.717, 1.165) is 18.4 Å². The molecule has 1 atom stereocenters. The first kappa shape index (κ1) is 19.7. The molecule has 0 spiro atoms. The van der Waals surface area contributed by atoms with Gasteiger partial charge in [-0.3, -0.25) is 9.59 Å². The highest BCUT2D eigenvalue weighted by Gasteiger charge is 2.19. The number of aryl methyl sites for hydroxylation is 1. The Labute approximate surface area is 143 Å². The maximum Gasteiger partial charge on any atom is 0.328 e. The highest BCUT2D eigenvalue weighted by Crippen LogP contribution is 2.04. The molecular formula is C18H26N2O4. The van der Waals surface area contributed by atoms with Crippen molar-refractivity contribution >= 4 is 17.8 Å². The molecule has 1 aromatic carbocycles. The van der Waals surface area contributed by atoms with Crippen molar-refractivity contribution in [2.24, 2.45) is 0 Å². The van der Waals surface area contributed by atoms with Crippen molar-refractivity contribution in [2.75, 3.05) is 13.7 Å². The number of hydrogen-bond donors (Lipinski definition) is 2. The highest BCUT2D eigenvalue weighted by atomic mass is 16.5. The Morgan fingerprint density at radius 3 is 2.46 bits per heavy atom. The summed E-state index contributed by atoms with van der Waals surface area (Å²) in [7, 11) is 1.30. The fraction of sp³-hybridized carbons (Fsp3) is 0.500. The van der Waals surface area contributed by atoms with Crippen molar-refractivity contribution in [2.45, 2.75) is 45.1 Å². The van der Waals surface area contributed by atoms with Gasteiger partial charge in [-0.25, -0.2) is 4.79 Å². The molecule has 2 N–H and O–H groups in total. The smallest absolute Gasteiger partial charge is 0.328 e. The lowest BCUT2D eigenvalue weighted by Crippen LogP contribution is -2.40. The number of benzene rings is 1. The predicted octanol–water partition coefficient (Wildman–Crippen LogP) is 1.58. The van der Waals surface area contributed by atoms with Gasteiger partial charge in [0, 0.05) is 19.9 Å². The van der Waals surface area contributed by atoms with Crippen LogP contribution in [0.15, 0.2) is 30.3 Å². The lowest BCUT2D eigenvalue weighted by molar-refractivity contribution is -0.145. The van der Waals surface area contributed by atoms with Gasteiger partial charge in [0.2, 0.25) is 11.8 Å². The maximum absolute atomic E-state index is 11.8. The van der Waals surface area contributed by atoms with E-state index in [2.05, 4.69) is 15.4 Å². The van der Waals surface area contributed by atoms with Crippen LogP contribution in [0, 0.1) is 0 Å². The van der Waals surface area contributed by atoms with E-state index in [-0.39, 0.29) is 11.8 Å². The Balaban J connectivity index is 2.16.